The van der Waals surface area contributed by atoms with Crippen molar-refractivity contribution in [2.75, 3.05) is 11.3 Å². The number of nitrogens with one attached hydrogen (secondary N) is 1. The Kier molecular flexibility index (Phi) is 4.80. The van der Waals surface area contributed by atoms with Gasteiger partial charge in [-0.3, -0.25) is 9.52 Å². The molecular formula is C20H24N2O3S. The van der Waals surface area contributed by atoms with Gasteiger partial charge < -0.3 is 4.90 Å². The van der Waals surface area contributed by atoms with Crippen LogP contribution in [0.3, 0.4) is 0 Å². The van der Waals surface area contributed by atoms with Crippen molar-refractivity contribution < 1.29 is 13.2 Å². The third-order valence-corrected chi connectivity index (χ3v) is 6.48. The standard InChI is InChI=1S/C20H24N2O3S/c1-13-9-14(2)20(15(3)10-13)26(24,25)21-19-6-5-17-7-8-22(16(4)23)12-18(17)11-19/h5-6,9-11,21H,7-8,12H2,1-4H3. The van der Waals surface area contributed by atoms with Crippen molar-refractivity contribution in [3.05, 3.63) is 58.1 Å². The predicted octanol–water partition coefficient (Wildman–Crippen LogP) is 3.32. The molecule has 0 atom stereocenters. The summed E-state index contributed by atoms with van der Waals surface area (Å²) in [5, 5.41) is 0. The van der Waals surface area contributed by atoms with Crippen LogP contribution in [0.25, 0.3) is 0 Å². The lowest BCUT2D eigenvalue weighted by Crippen LogP contribution is -2.34. The summed E-state index contributed by atoms with van der Waals surface area (Å²) in [6, 6.07) is 9.32. The number of sulfonamides is 1. The van der Waals surface area contributed by atoms with Gasteiger partial charge in [-0.05, 0) is 61.6 Å². The van der Waals surface area contributed by atoms with Gasteiger partial charge >= 0.3 is 0 Å². The molecule has 0 bridgehead atoms. The molecule has 0 aliphatic carbocycles. The van der Waals surface area contributed by atoms with E-state index in [9.17, 15) is 13.2 Å². The van der Waals surface area contributed by atoms with Gasteiger partial charge in [-0.2, -0.15) is 0 Å². The van der Waals surface area contributed by atoms with E-state index in [0.717, 1.165) is 34.2 Å². The fourth-order valence-electron chi connectivity index (χ4n) is 3.69. The molecule has 0 saturated heterocycles. The van der Waals surface area contributed by atoms with E-state index in [1.54, 1.807) is 17.9 Å². The maximum atomic E-state index is 12.9. The van der Waals surface area contributed by atoms with Crippen LogP contribution in [0.5, 0.6) is 0 Å². The number of carbonyl (C=O) groups is 1. The van der Waals surface area contributed by atoms with Gasteiger partial charge in [-0.25, -0.2) is 8.42 Å². The summed E-state index contributed by atoms with van der Waals surface area (Å²) in [6.45, 7) is 8.35. The van der Waals surface area contributed by atoms with Gasteiger partial charge in [0.15, 0.2) is 0 Å². The number of rotatable bonds is 3. The van der Waals surface area contributed by atoms with E-state index in [2.05, 4.69) is 4.72 Å². The molecule has 1 N–H and O–H groups in total. The summed E-state index contributed by atoms with van der Waals surface area (Å²) in [6.07, 6.45) is 0.790. The van der Waals surface area contributed by atoms with Crippen LogP contribution in [0.1, 0.15) is 34.7 Å². The normalized spacial score (nSPS) is 14.1. The van der Waals surface area contributed by atoms with Crippen LogP contribution in [0.2, 0.25) is 0 Å². The second kappa shape index (κ2) is 6.76. The monoisotopic (exact) mass is 372 g/mol. The second-order valence-electron chi connectivity index (χ2n) is 7.01. The molecular weight excluding hydrogens is 348 g/mol. The van der Waals surface area contributed by atoms with Crippen LogP contribution >= 0.6 is 0 Å². The molecule has 1 aliphatic heterocycles. The second-order valence-corrected chi connectivity index (χ2v) is 8.63. The van der Waals surface area contributed by atoms with E-state index in [4.69, 9.17) is 0 Å². The first-order chi connectivity index (χ1) is 12.2. The minimum atomic E-state index is -3.68. The van der Waals surface area contributed by atoms with Gasteiger partial charge in [0.1, 0.15) is 0 Å². The molecule has 138 valence electrons. The summed E-state index contributed by atoms with van der Waals surface area (Å²) >= 11 is 0. The number of hydrogen-bond donors (Lipinski definition) is 1. The fourth-order valence-corrected chi connectivity index (χ4v) is 5.19. The molecule has 0 saturated carbocycles. The number of hydrogen-bond acceptors (Lipinski definition) is 3. The molecule has 1 heterocycles. The van der Waals surface area contributed by atoms with Crippen LogP contribution in [-0.2, 0) is 27.8 Å². The minimum Gasteiger partial charge on any atom is -0.338 e. The topological polar surface area (TPSA) is 66.5 Å². The Hall–Kier alpha value is -2.34. The number of amides is 1. The lowest BCUT2D eigenvalue weighted by Gasteiger charge is -2.28. The summed E-state index contributed by atoms with van der Waals surface area (Å²) in [5.41, 5.74) is 5.18. The van der Waals surface area contributed by atoms with E-state index < -0.39 is 10.0 Å². The van der Waals surface area contributed by atoms with Crippen molar-refractivity contribution in [3.8, 4) is 0 Å². The lowest BCUT2D eigenvalue weighted by atomic mass is 9.99. The molecule has 1 aliphatic rings. The Morgan fingerprint density at radius 1 is 1.04 bits per heavy atom. The molecule has 3 rings (SSSR count). The number of fused-ring (bicyclic) bond motifs is 1. The van der Waals surface area contributed by atoms with E-state index in [0.29, 0.717) is 23.7 Å². The van der Waals surface area contributed by atoms with Crippen molar-refractivity contribution in [2.45, 2.75) is 45.6 Å². The van der Waals surface area contributed by atoms with Crippen molar-refractivity contribution in [1.29, 1.82) is 0 Å². The third kappa shape index (κ3) is 3.60. The molecule has 6 heteroatoms. The van der Waals surface area contributed by atoms with Gasteiger partial charge in [-0.15, -0.1) is 0 Å². The average Bonchev–Trinajstić information content (AvgIpc) is 2.52. The lowest BCUT2D eigenvalue weighted by molar-refractivity contribution is -0.129. The first-order valence-electron chi connectivity index (χ1n) is 8.65. The molecule has 5 nitrogen and oxygen atoms in total. The predicted molar refractivity (Wildman–Crippen MR) is 103 cm³/mol. The van der Waals surface area contributed by atoms with Crippen molar-refractivity contribution in [3.63, 3.8) is 0 Å². The average molecular weight is 372 g/mol. The molecule has 0 unspecified atom stereocenters. The number of benzene rings is 2. The SMILES string of the molecule is CC(=O)N1CCc2ccc(NS(=O)(=O)c3c(C)cc(C)cc3C)cc2C1. The summed E-state index contributed by atoms with van der Waals surface area (Å²) < 4.78 is 28.5. The first-order valence-corrected chi connectivity index (χ1v) is 10.1. The maximum Gasteiger partial charge on any atom is 0.262 e. The Bertz CT molecular complexity index is 958. The largest absolute Gasteiger partial charge is 0.338 e. The smallest absolute Gasteiger partial charge is 0.262 e. The van der Waals surface area contributed by atoms with Gasteiger partial charge in [0, 0.05) is 25.7 Å². The quantitative estimate of drug-likeness (QED) is 0.899. The van der Waals surface area contributed by atoms with Crippen molar-refractivity contribution >= 4 is 21.6 Å². The highest BCUT2D eigenvalue weighted by Gasteiger charge is 2.22. The number of carbonyl (C=O) groups excluding carboxylic acids is 1. The molecule has 2 aromatic carbocycles. The highest BCUT2D eigenvalue weighted by Crippen LogP contribution is 2.27. The molecule has 0 fully saturated rings. The molecule has 0 spiro atoms. The molecule has 0 radical (unpaired) electrons. The zero-order valence-electron chi connectivity index (χ0n) is 15.6. The number of anilines is 1. The van der Waals surface area contributed by atoms with E-state index in [-0.39, 0.29) is 5.91 Å². The van der Waals surface area contributed by atoms with E-state index >= 15 is 0 Å². The van der Waals surface area contributed by atoms with Crippen molar-refractivity contribution in [1.82, 2.24) is 4.90 Å². The van der Waals surface area contributed by atoms with Gasteiger partial charge in [0.2, 0.25) is 5.91 Å². The summed E-state index contributed by atoms with van der Waals surface area (Å²) in [4.78, 5) is 13.7. The highest BCUT2D eigenvalue weighted by molar-refractivity contribution is 7.92. The van der Waals surface area contributed by atoms with Crippen molar-refractivity contribution in [2.24, 2.45) is 0 Å². The third-order valence-electron chi connectivity index (χ3n) is 4.79. The van der Waals surface area contributed by atoms with Crippen LogP contribution < -0.4 is 4.72 Å². The van der Waals surface area contributed by atoms with E-state index in [1.165, 1.54) is 0 Å². The molecule has 2 aromatic rings. The van der Waals surface area contributed by atoms with Gasteiger partial charge in [-0.1, -0.05) is 23.8 Å². The Labute approximate surface area is 155 Å². The minimum absolute atomic E-state index is 0.0348. The zero-order chi connectivity index (χ0) is 19.1. The zero-order valence-corrected chi connectivity index (χ0v) is 16.4. The Balaban J connectivity index is 1.92. The summed E-state index contributed by atoms with van der Waals surface area (Å²) in [5.74, 6) is 0.0348. The van der Waals surface area contributed by atoms with Crippen LogP contribution in [-0.4, -0.2) is 25.8 Å². The number of aryl methyl sites for hydroxylation is 3. The van der Waals surface area contributed by atoms with Gasteiger partial charge in [0.05, 0.1) is 4.90 Å². The molecule has 0 aromatic heterocycles. The van der Waals surface area contributed by atoms with Crippen LogP contribution in [0.15, 0.2) is 35.2 Å². The van der Waals surface area contributed by atoms with Crippen LogP contribution in [0, 0.1) is 20.8 Å². The maximum absolute atomic E-state index is 12.9. The Morgan fingerprint density at radius 2 is 1.69 bits per heavy atom. The first kappa shape index (κ1) is 18.5. The molecule has 1 amide bonds. The fraction of sp³-hybridized carbons (Fsp3) is 0.350. The van der Waals surface area contributed by atoms with Gasteiger partial charge in [0.25, 0.3) is 10.0 Å². The Morgan fingerprint density at radius 3 is 2.31 bits per heavy atom. The highest BCUT2D eigenvalue weighted by atomic mass is 32.2. The number of nitrogens with zero attached hydrogens (tertiary/aromatic N) is 1. The molecule has 26 heavy (non-hydrogen) atoms. The van der Waals surface area contributed by atoms with Crippen LogP contribution in [0.4, 0.5) is 5.69 Å². The summed E-state index contributed by atoms with van der Waals surface area (Å²) in [7, 11) is -3.68. The van der Waals surface area contributed by atoms with E-state index in [1.807, 2.05) is 45.0 Å².